The molecule has 0 aliphatic rings. The fourth-order valence-corrected chi connectivity index (χ4v) is 1.43. The van der Waals surface area contributed by atoms with Crippen molar-refractivity contribution in [1.29, 1.82) is 0 Å². The van der Waals surface area contributed by atoms with Gasteiger partial charge in [-0.2, -0.15) is 0 Å². The molecule has 0 aromatic heterocycles. The molecule has 0 aromatic carbocycles. The summed E-state index contributed by atoms with van der Waals surface area (Å²) >= 11 is 0. The predicted molar refractivity (Wildman–Crippen MR) is 61.7 cm³/mol. The number of nitrogens with one attached hydrogen (secondary N) is 2. The quantitative estimate of drug-likeness (QED) is 0.492. The maximum atomic E-state index is 11.1. The largest absolute Gasteiger partial charge is 0.396 e. The van der Waals surface area contributed by atoms with Crippen LogP contribution in [0.1, 0.15) is 33.1 Å². The Kier molecular flexibility index (Phi) is 9.52. The zero-order valence-electron chi connectivity index (χ0n) is 9.88. The molecule has 90 valence electrons. The lowest BCUT2D eigenvalue weighted by Gasteiger charge is -2.13. The van der Waals surface area contributed by atoms with E-state index in [1.165, 1.54) is 0 Å². The first-order chi connectivity index (χ1) is 7.24. The van der Waals surface area contributed by atoms with Crippen LogP contribution >= 0.6 is 0 Å². The summed E-state index contributed by atoms with van der Waals surface area (Å²) in [5, 5.41) is 14.8. The molecule has 0 radical (unpaired) electrons. The SMILES string of the molecule is CCNC(=O)CCNCC(CC)CCO. The first-order valence-electron chi connectivity index (χ1n) is 5.82. The van der Waals surface area contributed by atoms with Crippen molar-refractivity contribution in [2.24, 2.45) is 5.92 Å². The normalized spacial score (nSPS) is 12.5. The van der Waals surface area contributed by atoms with Crippen molar-refractivity contribution in [2.75, 3.05) is 26.2 Å². The molecule has 0 saturated carbocycles. The fraction of sp³-hybridized carbons (Fsp3) is 0.909. The van der Waals surface area contributed by atoms with E-state index in [0.29, 0.717) is 25.4 Å². The van der Waals surface area contributed by atoms with Crippen molar-refractivity contribution < 1.29 is 9.90 Å². The third-order valence-electron chi connectivity index (χ3n) is 2.45. The molecule has 1 unspecified atom stereocenters. The van der Waals surface area contributed by atoms with Crippen molar-refractivity contribution >= 4 is 5.91 Å². The van der Waals surface area contributed by atoms with E-state index in [-0.39, 0.29) is 12.5 Å². The minimum atomic E-state index is 0.0974. The van der Waals surface area contributed by atoms with E-state index < -0.39 is 0 Å². The van der Waals surface area contributed by atoms with E-state index in [9.17, 15) is 4.79 Å². The van der Waals surface area contributed by atoms with Crippen molar-refractivity contribution in [1.82, 2.24) is 10.6 Å². The fourth-order valence-electron chi connectivity index (χ4n) is 1.43. The smallest absolute Gasteiger partial charge is 0.221 e. The summed E-state index contributed by atoms with van der Waals surface area (Å²) in [4.78, 5) is 11.1. The van der Waals surface area contributed by atoms with Gasteiger partial charge in [0.25, 0.3) is 0 Å². The molecule has 0 aliphatic heterocycles. The van der Waals surface area contributed by atoms with Crippen molar-refractivity contribution in [2.45, 2.75) is 33.1 Å². The van der Waals surface area contributed by atoms with Gasteiger partial charge in [-0.1, -0.05) is 13.3 Å². The molecule has 0 fully saturated rings. The lowest BCUT2D eigenvalue weighted by atomic mass is 10.0. The Morgan fingerprint density at radius 3 is 2.67 bits per heavy atom. The van der Waals surface area contributed by atoms with Crippen molar-refractivity contribution in [3.63, 3.8) is 0 Å². The highest BCUT2D eigenvalue weighted by molar-refractivity contribution is 5.75. The van der Waals surface area contributed by atoms with Crippen LogP contribution in [-0.4, -0.2) is 37.3 Å². The highest BCUT2D eigenvalue weighted by Crippen LogP contribution is 2.05. The van der Waals surface area contributed by atoms with Gasteiger partial charge in [-0.3, -0.25) is 4.79 Å². The minimum Gasteiger partial charge on any atom is -0.396 e. The van der Waals surface area contributed by atoms with Crippen molar-refractivity contribution in [3.8, 4) is 0 Å². The molecule has 4 heteroatoms. The van der Waals surface area contributed by atoms with Crippen LogP contribution in [0, 0.1) is 5.92 Å². The molecular weight excluding hydrogens is 192 g/mol. The summed E-state index contributed by atoms with van der Waals surface area (Å²) in [5.41, 5.74) is 0. The number of hydrogen-bond acceptors (Lipinski definition) is 3. The molecule has 0 heterocycles. The van der Waals surface area contributed by atoms with E-state index in [1.807, 2.05) is 6.92 Å². The third kappa shape index (κ3) is 8.39. The van der Waals surface area contributed by atoms with E-state index in [0.717, 1.165) is 19.4 Å². The molecule has 1 atom stereocenters. The molecule has 0 rings (SSSR count). The average Bonchev–Trinajstić information content (AvgIpc) is 2.23. The number of amides is 1. The van der Waals surface area contributed by atoms with Crippen LogP contribution in [-0.2, 0) is 4.79 Å². The number of aliphatic hydroxyl groups is 1. The number of hydrogen-bond donors (Lipinski definition) is 3. The second-order valence-electron chi connectivity index (χ2n) is 3.69. The summed E-state index contributed by atoms with van der Waals surface area (Å²) < 4.78 is 0. The Hall–Kier alpha value is -0.610. The monoisotopic (exact) mass is 216 g/mol. The van der Waals surface area contributed by atoms with Crippen LogP contribution in [0.4, 0.5) is 0 Å². The first-order valence-corrected chi connectivity index (χ1v) is 5.82. The number of carbonyl (C=O) groups excluding carboxylic acids is 1. The van der Waals surface area contributed by atoms with Gasteiger partial charge in [-0.15, -0.1) is 0 Å². The lowest BCUT2D eigenvalue weighted by Crippen LogP contribution is -2.30. The summed E-state index contributed by atoms with van der Waals surface area (Å²) in [6.07, 6.45) is 2.43. The highest BCUT2D eigenvalue weighted by atomic mass is 16.3. The standard InChI is InChI=1S/C11H24N2O2/c1-3-10(6-8-14)9-12-7-5-11(15)13-4-2/h10,12,14H,3-9H2,1-2H3,(H,13,15). The molecular formula is C11H24N2O2. The zero-order chi connectivity index (χ0) is 11.5. The van der Waals surface area contributed by atoms with E-state index >= 15 is 0 Å². The van der Waals surface area contributed by atoms with Crippen LogP contribution in [0.15, 0.2) is 0 Å². The van der Waals surface area contributed by atoms with Gasteiger partial charge in [0, 0.05) is 26.1 Å². The molecule has 0 aliphatic carbocycles. The Labute approximate surface area is 92.4 Å². The molecule has 0 spiro atoms. The molecule has 0 aromatic rings. The maximum Gasteiger partial charge on any atom is 0.221 e. The second kappa shape index (κ2) is 9.93. The van der Waals surface area contributed by atoms with Crippen LogP contribution in [0.2, 0.25) is 0 Å². The van der Waals surface area contributed by atoms with E-state index in [4.69, 9.17) is 5.11 Å². The highest BCUT2D eigenvalue weighted by Gasteiger charge is 2.05. The zero-order valence-corrected chi connectivity index (χ0v) is 9.88. The summed E-state index contributed by atoms with van der Waals surface area (Å²) in [6.45, 7) is 6.58. The lowest BCUT2D eigenvalue weighted by molar-refractivity contribution is -0.120. The Bertz CT molecular complexity index is 163. The van der Waals surface area contributed by atoms with E-state index in [2.05, 4.69) is 17.6 Å². The number of carbonyl (C=O) groups is 1. The van der Waals surface area contributed by atoms with Crippen LogP contribution in [0.3, 0.4) is 0 Å². The van der Waals surface area contributed by atoms with E-state index in [1.54, 1.807) is 0 Å². The van der Waals surface area contributed by atoms with Crippen LogP contribution in [0.25, 0.3) is 0 Å². The predicted octanol–water partition coefficient (Wildman–Crippen LogP) is 0.511. The first kappa shape index (κ1) is 14.4. The third-order valence-corrected chi connectivity index (χ3v) is 2.45. The van der Waals surface area contributed by atoms with Crippen LogP contribution in [0.5, 0.6) is 0 Å². The van der Waals surface area contributed by atoms with Gasteiger partial charge >= 0.3 is 0 Å². The van der Waals surface area contributed by atoms with Gasteiger partial charge in [0.05, 0.1) is 0 Å². The summed E-state index contributed by atoms with van der Waals surface area (Å²) in [5.74, 6) is 0.615. The number of rotatable bonds is 9. The average molecular weight is 216 g/mol. The molecule has 0 saturated heterocycles. The summed E-state index contributed by atoms with van der Waals surface area (Å²) in [7, 11) is 0. The van der Waals surface area contributed by atoms with Gasteiger partial charge in [0.15, 0.2) is 0 Å². The molecule has 4 nitrogen and oxygen atoms in total. The van der Waals surface area contributed by atoms with Gasteiger partial charge in [0.1, 0.15) is 0 Å². The van der Waals surface area contributed by atoms with Crippen LogP contribution < -0.4 is 10.6 Å². The summed E-state index contributed by atoms with van der Waals surface area (Å²) in [6, 6.07) is 0. The molecule has 15 heavy (non-hydrogen) atoms. The minimum absolute atomic E-state index is 0.0974. The van der Waals surface area contributed by atoms with Gasteiger partial charge < -0.3 is 15.7 Å². The topological polar surface area (TPSA) is 61.4 Å². The molecule has 3 N–H and O–H groups in total. The Morgan fingerprint density at radius 1 is 1.40 bits per heavy atom. The van der Waals surface area contributed by atoms with Gasteiger partial charge in [-0.25, -0.2) is 0 Å². The molecule has 1 amide bonds. The van der Waals surface area contributed by atoms with Gasteiger partial charge in [-0.05, 0) is 25.8 Å². The number of aliphatic hydroxyl groups excluding tert-OH is 1. The Balaban J connectivity index is 3.39. The van der Waals surface area contributed by atoms with Crippen molar-refractivity contribution in [3.05, 3.63) is 0 Å². The molecule has 0 bridgehead atoms. The van der Waals surface area contributed by atoms with Gasteiger partial charge in [0.2, 0.25) is 5.91 Å². The Morgan fingerprint density at radius 2 is 2.13 bits per heavy atom. The maximum absolute atomic E-state index is 11.1. The second-order valence-corrected chi connectivity index (χ2v) is 3.69.